The summed E-state index contributed by atoms with van der Waals surface area (Å²) < 4.78 is 2.12. The van der Waals surface area contributed by atoms with Crippen LogP contribution in [-0.4, -0.2) is 32.6 Å². The highest BCUT2D eigenvalue weighted by Crippen LogP contribution is 2.44. The molecule has 2 aliphatic heterocycles. The molecule has 1 saturated carbocycles. The molecule has 1 aliphatic carbocycles. The highest BCUT2D eigenvalue weighted by atomic mass is 16.4. The molecule has 1 fully saturated rings. The van der Waals surface area contributed by atoms with Crippen LogP contribution in [0.25, 0.3) is 0 Å². The predicted octanol–water partition coefficient (Wildman–Crippen LogP) is 0.762. The number of aromatic nitrogens is 2. The fourth-order valence-corrected chi connectivity index (χ4v) is 3.65. The van der Waals surface area contributed by atoms with E-state index in [1.54, 1.807) is 11.1 Å². The van der Waals surface area contributed by atoms with E-state index in [4.69, 9.17) is 0 Å². The Morgan fingerprint density at radius 2 is 2.26 bits per heavy atom. The second-order valence-corrected chi connectivity index (χ2v) is 5.36. The second kappa shape index (κ2) is 3.72. The minimum atomic E-state index is -1.00. The monoisotopic (exact) mass is 261 g/mol. The molecule has 0 spiro atoms. The van der Waals surface area contributed by atoms with Crippen LogP contribution in [0.4, 0.5) is 5.82 Å². The number of hydrazone groups is 1. The van der Waals surface area contributed by atoms with Crippen molar-refractivity contribution in [2.45, 2.75) is 37.9 Å². The van der Waals surface area contributed by atoms with Gasteiger partial charge in [0.15, 0.2) is 0 Å². The Kier molecular flexibility index (Phi) is 2.12. The maximum atomic E-state index is 11.3. The van der Waals surface area contributed by atoms with Gasteiger partial charge in [0.25, 0.3) is 0 Å². The van der Waals surface area contributed by atoms with Crippen LogP contribution in [0.5, 0.6) is 0 Å². The third-order valence-electron chi connectivity index (χ3n) is 4.44. The number of hydrogen-bond donors (Lipinski definition) is 2. The number of aliphatic carboxylic acids is 1. The molecule has 0 aromatic carbocycles. The maximum Gasteiger partial charge on any atom is 0.374 e. The van der Waals surface area contributed by atoms with Crippen LogP contribution in [-0.2, 0) is 4.79 Å². The van der Waals surface area contributed by atoms with E-state index in [1.807, 2.05) is 6.33 Å². The first-order valence-corrected chi connectivity index (χ1v) is 6.65. The smallest absolute Gasteiger partial charge is 0.374 e. The molecule has 3 atom stereocenters. The van der Waals surface area contributed by atoms with E-state index in [2.05, 4.69) is 20.1 Å². The molecule has 2 N–H and O–H groups in total. The average molecular weight is 261 g/mol. The summed E-state index contributed by atoms with van der Waals surface area (Å²) in [7, 11) is 0. The lowest BCUT2D eigenvalue weighted by molar-refractivity contribution is -0.129. The van der Waals surface area contributed by atoms with Crippen molar-refractivity contribution in [2.24, 2.45) is 11.0 Å². The molecule has 3 aliphatic rings. The number of carboxylic acid groups (broad SMARTS) is 1. The Morgan fingerprint density at radius 3 is 3.11 bits per heavy atom. The van der Waals surface area contributed by atoms with Gasteiger partial charge in [0.1, 0.15) is 12.0 Å². The summed E-state index contributed by atoms with van der Waals surface area (Å²) in [4.78, 5) is 17.3. The number of imidazole rings is 1. The lowest BCUT2D eigenvalue weighted by Gasteiger charge is -2.45. The number of anilines is 1. The molecule has 0 amide bonds. The summed E-state index contributed by atoms with van der Waals surface area (Å²) in [6, 6.07) is 0.406. The Labute approximate surface area is 109 Å². The van der Waals surface area contributed by atoms with Crippen LogP contribution in [0.3, 0.4) is 0 Å². The third-order valence-corrected chi connectivity index (χ3v) is 4.44. The van der Waals surface area contributed by atoms with Crippen LogP contribution in [0, 0.1) is 5.92 Å². The van der Waals surface area contributed by atoms with E-state index in [9.17, 15) is 9.90 Å². The van der Waals surface area contributed by atoms with E-state index in [0.717, 1.165) is 18.7 Å². The Morgan fingerprint density at radius 1 is 1.42 bits per heavy atom. The van der Waals surface area contributed by atoms with Gasteiger partial charge in [-0.25, -0.2) is 9.78 Å². The molecule has 0 radical (unpaired) electrons. The molecule has 0 saturated heterocycles. The second-order valence-electron chi connectivity index (χ2n) is 5.36. The molecule has 7 nitrogen and oxygen atoms in total. The Bertz CT molecular complexity index is 566. The molecule has 19 heavy (non-hydrogen) atoms. The normalized spacial score (nSPS) is 31.9. The SMILES string of the molecule is O=C(O)C1=NNC2C3CCCCC3n3cncc3N12. The fourth-order valence-electron chi connectivity index (χ4n) is 3.65. The van der Waals surface area contributed by atoms with Gasteiger partial charge in [-0.15, -0.1) is 0 Å². The third kappa shape index (κ3) is 1.35. The molecule has 3 unspecified atom stereocenters. The minimum Gasteiger partial charge on any atom is -0.475 e. The highest BCUT2D eigenvalue weighted by Gasteiger charge is 2.47. The van der Waals surface area contributed by atoms with Crippen molar-refractivity contribution in [3.8, 4) is 0 Å². The van der Waals surface area contributed by atoms with Gasteiger partial charge in [-0.3, -0.25) is 10.3 Å². The molecule has 7 heteroatoms. The fraction of sp³-hybridized carbons (Fsp3) is 0.583. The van der Waals surface area contributed by atoms with Crippen LogP contribution in [0.2, 0.25) is 0 Å². The minimum absolute atomic E-state index is 0.0411. The highest BCUT2D eigenvalue weighted by molar-refractivity contribution is 6.40. The Hall–Kier alpha value is -2.05. The van der Waals surface area contributed by atoms with Crippen molar-refractivity contribution in [1.29, 1.82) is 0 Å². The van der Waals surface area contributed by atoms with Crippen molar-refractivity contribution >= 4 is 17.6 Å². The zero-order valence-corrected chi connectivity index (χ0v) is 10.4. The topological polar surface area (TPSA) is 82.8 Å². The molecule has 3 heterocycles. The number of nitrogens with zero attached hydrogens (tertiary/aromatic N) is 4. The van der Waals surface area contributed by atoms with Crippen LogP contribution >= 0.6 is 0 Å². The zero-order chi connectivity index (χ0) is 13.0. The quantitative estimate of drug-likeness (QED) is 0.780. The number of carbonyl (C=O) groups is 1. The van der Waals surface area contributed by atoms with E-state index in [0.29, 0.717) is 12.0 Å². The number of rotatable bonds is 1. The lowest BCUT2D eigenvalue weighted by atomic mass is 9.80. The van der Waals surface area contributed by atoms with Crippen LogP contribution in [0.15, 0.2) is 17.6 Å². The van der Waals surface area contributed by atoms with Crippen LogP contribution < -0.4 is 10.3 Å². The molecule has 0 bridgehead atoms. The summed E-state index contributed by atoms with van der Waals surface area (Å²) in [5.41, 5.74) is 3.01. The lowest BCUT2D eigenvalue weighted by Crippen LogP contribution is -2.54. The maximum absolute atomic E-state index is 11.3. The van der Waals surface area contributed by atoms with Crippen molar-refractivity contribution in [3.05, 3.63) is 12.5 Å². The molecular formula is C12H15N5O2. The first kappa shape index (κ1) is 10.8. The summed E-state index contributed by atoms with van der Waals surface area (Å²) >= 11 is 0. The van der Waals surface area contributed by atoms with Gasteiger partial charge in [-0.2, -0.15) is 5.10 Å². The van der Waals surface area contributed by atoms with Gasteiger partial charge in [0.2, 0.25) is 5.84 Å². The van der Waals surface area contributed by atoms with E-state index < -0.39 is 5.97 Å². The standard InChI is InChI=1S/C12H15N5O2/c18-12(19)11-15-14-10-7-3-1-2-4-8(7)16-6-13-5-9(16)17(10)11/h5-8,10,14H,1-4H2,(H,18,19). The molecule has 4 rings (SSSR count). The van der Waals surface area contributed by atoms with Gasteiger partial charge in [0, 0.05) is 12.0 Å². The number of fused-ring (bicyclic) bond motifs is 6. The van der Waals surface area contributed by atoms with Gasteiger partial charge in [-0.1, -0.05) is 12.8 Å². The molecule has 1 aromatic rings. The van der Waals surface area contributed by atoms with Crippen molar-refractivity contribution in [1.82, 2.24) is 15.0 Å². The number of hydrogen-bond acceptors (Lipinski definition) is 5. The average Bonchev–Trinajstić information content (AvgIpc) is 3.05. The Balaban J connectivity index is 1.83. The molecule has 1 aromatic heterocycles. The van der Waals surface area contributed by atoms with Gasteiger partial charge in [0.05, 0.1) is 12.5 Å². The summed E-state index contributed by atoms with van der Waals surface area (Å²) in [6.07, 6.45) is 8.13. The summed E-state index contributed by atoms with van der Waals surface area (Å²) in [5.74, 6) is 0.281. The largest absolute Gasteiger partial charge is 0.475 e. The van der Waals surface area contributed by atoms with Crippen LogP contribution in [0.1, 0.15) is 31.7 Å². The van der Waals surface area contributed by atoms with Gasteiger partial charge in [-0.05, 0) is 12.8 Å². The van der Waals surface area contributed by atoms with E-state index in [-0.39, 0.29) is 12.0 Å². The van der Waals surface area contributed by atoms with Crippen molar-refractivity contribution in [2.75, 3.05) is 4.90 Å². The van der Waals surface area contributed by atoms with Gasteiger partial charge < -0.3 is 9.67 Å². The summed E-state index contributed by atoms with van der Waals surface area (Å²) in [6.45, 7) is 0. The first-order chi connectivity index (χ1) is 9.27. The molecule has 100 valence electrons. The molecular weight excluding hydrogens is 246 g/mol. The van der Waals surface area contributed by atoms with E-state index in [1.165, 1.54) is 12.8 Å². The first-order valence-electron chi connectivity index (χ1n) is 6.65. The van der Waals surface area contributed by atoms with Crippen molar-refractivity contribution in [3.63, 3.8) is 0 Å². The predicted molar refractivity (Wildman–Crippen MR) is 67.7 cm³/mol. The number of amidine groups is 1. The van der Waals surface area contributed by atoms with Gasteiger partial charge >= 0.3 is 5.97 Å². The number of carboxylic acids is 1. The number of nitrogens with one attached hydrogen (secondary N) is 1. The zero-order valence-electron chi connectivity index (χ0n) is 10.4. The summed E-state index contributed by atoms with van der Waals surface area (Å²) in [5, 5.41) is 13.3. The van der Waals surface area contributed by atoms with E-state index >= 15 is 0 Å². The van der Waals surface area contributed by atoms with Crippen molar-refractivity contribution < 1.29 is 9.90 Å².